The van der Waals surface area contributed by atoms with Crippen LogP contribution in [0.1, 0.15) is 27.7 Å². The molecule has 0 unspecified atom stereocenters. The molecule has 0 saturated heterocycles. The summed E-state index contributed by atoms with van der Waals surface area (Å²) < 4.78 is 0. The zero-order valence-electron chi connectivity index (χ0n) is 13.9. The maximum atomic E-state index is 12.1. The lowest BCUT2D eigenvalue weighted by molar-refractivity contribution is -0.263. The molecule has 0 bridgehead atoms. The second kappa shape index (κ2) is 6.98. The molecule has 0 aliphatic heterocycles. The lowest BCUT2D eigenvalue weighted by Gasteiger charge is -2.51. The van der Waals surface area contributed by atoms with Gasteiger partial charge in [-0.15, -0.1) is 0 Å². The van der Waals surface area contributed by atoms with E-state index in [1.807, 2.05) is 0 Å². The summed E-state index contributed by atoms with van der Waals surface area (Å²) in [6.45, 7) is 0.315. The molecule has 0 aromatic carbocycles. The average molecular weight is 383 g/mol. The molecule has 0 aliphatic carbocycles. The molecule has 4 atom stereocenters. The summed E-state index contributed by atoms with van der Waals surface area (Å²) in [6.07, 6.45) is 0. The maximum absolute atomic E-state index is 12.1. The molecule has 0 saturated carbocycles. The number of hydrogen-bond acceptors (Lipinski definition) is 10. The maximum Gasteiger partial charge on any atom is 0.264 e. The van der Waals surface area contributed by atoms with Crippen molar-refractivity contribution >= 4 is 40.0 Å². The number of halogens is 1. The van der Waals surface area contributed by atoms with Crippen LogP contribution in [0.15, 0.2) is 0 Å². The number of aliphatic hydroxyl groups excluding tert-OH is 1. The Hall–Kier alpha value is -1.56. The van der Waals surface area contributed by atoms with Gasteiger partial charge in [-0.3, -0.25) is 24.0 Å². The van der Waals surface area contributed by atoms with Gasteiger partial charge < -0.3 is 25.5 Å². The predicted molar refractivity (Wildman–Crippen MR) is 80.5 cm³/mol. The molecule has 0 fully saturated rings. The van der Waals surface area contributed by atoms with Crippen LogP contribution < -0.4 is 0 Å². The Morgan fingerprint density at radius 3 is 1.24 bits per heavy atom. The van der Waals surface area contributed by atoms with Gasteiger partial charge in [-0.2, -0.15) is 0 Å². The van der Waals surface area contributed by atoms with Crippen LogP contribution in [-0.4, -0.2) is 82.9 Å². The van der Waals surface area contributed by atoms with E-state index in [0.29, 0.717) is 27.7 Å². The van der Waals surface area contributed by atoms with E-state index in [-0.39, 0.29) is 0 Å². The number of Topliss-reactive ketones (excluding diaryl/α,β-unsaturated/α-hetero) is 4. The molecule has 25 heavy (non-hydrogen) atoms. The van der Waals surface area contributed by atoms with Crippen LogP contribution in [0.2, 0.25) is 0 Å². The minimum absolute atomic E-state index is 0.458. The van der Waals surface area contributed by atoms with Crippen LogP contribution in [0, 0.1) is 0 Å². The van der Waals surface area contributed by atoms with Crippen LogP contribution in [0.3, 0.4) is 0 Å². The van der Waals surface area contributed by atoms with Crippen molar-refractivity contribution in [3.63, 3.8) is 0 Å². The Bertz CT molecular complexity index is 630. The van der Waals surface area contributed by atoms with E-state index in [9.17, 15) is 49.5 Å². The van der Waals surface area contributed by atoms with Crippen molar-refractivity contribution in [3.8, 4) is 0 Å². The second-order valence-corrected chi connectivity index (χ2v) is 5.99. The van der Waals surface area contributed by atoms with Gasteiger partial charge in [0.25, 0.3) is 5.24 Å². The first-order chi connectivity index (χ1) is 11.0. The van der Waals surface area contributed by atoms with Crippen molar-refractivity contribution in [3.05, 3.63) is 0 Å². The molecule has 0 aromatic rings. The second-order valence-electron chi connectivity index (χ2n) is 5.65. The average Bonchev–Trinajstić information content (AvgIpc) is 2.49. The van der Waals surface area contributed by atoms with Crippen molar-refractivity contribution in [2.45, 2.75) is 50.1 Å². The smallest absolute Gasteiger partial charge is 0.264 e. The predicted octanol–water partition coefficient (Wildman–Crippen LogP) is -2.98. The van der Waals surface area contributed by atoms with E-state index >= 15 is 0 Å². The molecule has 0 spiro atoms. The molecule has 11 heteroatoms. The number of aliphatic hydroxyl groups is 5. The van der Waals surface area contributed by atoms with E-state index in [4.69, 9.17) is 11.6 Å². The van der Waals surface area contributed by atoms with E-state index in [0.717, 1.165) is 0 Å². The third-order valence-electron chi connectivity index (χ3n) is 4.27. The number of ketones is 4. The normalized spacial score (nSPS) is 21.0. The van der Waals surface area contributed by atoms with Gasteiger partial charge >= 0.3 is 0 Å². The summed E-state index contributed by atoms with van der Waals surface area (Å²) in [7, 11) is 0. The lowest BCUT2D eigenvalue weighted by Crippen LogP contribution is -2.85. The quantitative estimate of drug-likeness (QED) is 0.203. The van der Waals surface area contributed by atoms with Gasteiger partial charge in [-0.05, 0) is 39.3 Å². The summed E-state index contributed by atoms with van der Waals surface area (Å²) >= 11 is 5.12. The van der Waals surface area contributed by atoms with Gasteiger partial charge in [-0.25, -0.2) is 0 Å². The molecule has 0 heterocycles. The number of rotatable bonds is 9. The fourth-order valence-electron chi connectivity index (χ4n) is 2.63. The lowest BCUT2D eigenvalue weighted by atomic mass is 9.58. The van der Waals surface area contributed by atoms with E-state index in [1.165, 1.54) is 0 Å². The first kappa shape index (κ1) is 23.4. The highest BCUT2D eigenvalue weighted by Gasteiger charge is 2.78. The summed E-state index contributed by atoms with van der Waals surface area (Å²) in [5.74, 6) is -6.66. The minimum atomic E-state index is -4.10. The highest BCUT2D eigenvalue weighted by molar-refractivity contribution is 6.68. The van der Waals surface area contributed by atoms with Gasteiger partial charge in [0.15, 0.2) is 28.7 Å². The summed E-state index contributed by atoms with van der Waals surface area (Å²) in [6, 6.07) is 0. The Morgan fingerprint density at radius 1 is 0.720 bits per heavy atom. The van der Waals surface area contributed by atoms with Gasteiger partial charge in [0.2, 0.25) is 16.8 Å². The van der Waals surface area contributed by atoms with E-state index < -0.39 is 57.4 Å². The Morgan fingerprint density at radius 2 is 1.08 bits per heavy atom. The van der Waals surface area contributed by atoms with Gasteiger partial charge in [0.05, 0.1) is 6.61 Å². The SMILES string of the molecule is CC(=O)[C@](O)(C(=O)Cl)[C@](O)(C(C)=O)[C@@](O)(C(C)=O)[C@](O)(CO)C(C)=O. The molecule has 0 radical (unpaired) electrons. The van der Waals surface area contributed by atoms with E-state index in [2.05, 4.69) is 0 Å². The van der Waals surface area contributed by atoms with Crippen molar-refractivity contribution in [2.75, 3.05) is 6.61 Å². The van der Waals surface area contributed by atoms with Gasteiger partial charge in [0.1, 0.15) is 0 Å². The summed E-state index contributed by atoms with van der Waals surface area (Å²) in [5.41, 5.74) is -15.6. The van der Waals surface area contributed by atoms with Crippen LogP contribution in [0.4, 0.5) is 0 Å². The first-order valence-electron chi connectivity index (χ1n) is 6.77. The molecule has 0 rings (SSSR count). The fourth-order valence-corrected chi connectivity index (χ4v) is 2.90. The zero-order valence-corrected chi connectivity index (χ0v) is 14.6. The monoisotopic (exact) mass is 382 g/mol. The zero-order chi connectivity index (χ0) is 20.6. The first-order valence-corrected chi connectivity index (χ1v) is 7.15. The molecule has 0 aromatic heterocycles. The highest BCUT2D eigenvalue weighted by Crippen LogP contribution is 2.43. The molecular weight excluding hydrogens is 364 g/mol. The Balaban J connectivity index is 7.44. The van der Waals surface area contributed by atoms with Gasteiger partial charge in [0, 0.05) is 0 Å². The van der Waals surface area contributed by atoms with Crippen molar-refractivity contribution in [1.82, 2.24) is 0 Å². The summed E-state index contributed by atoms with van der Waals surface area (Å²) in [4.78, 5) is 59.3. The fraction of sp³-hybridized carbons (Fsp3) is 0.643. The van der Waals surface area contributed by atoms with E-state index in [1.54, 1.807) is 0 Å². The van der Waals surface area contributed by atoms with Crippen molar-refractivity contribution in [2.24, 2.45) is 0 Å². The highest BCUT2D eigenvalue weighted by atomic mass is 35.5. The third kappa shape index (κ3) is 2.75. The van der Waals surface area contributed by atoms with Crippen LogP contribution in [0.5, 0.6) is 0 Å². The standard InChI is InChI=1S/C14H19ClO10/c1-6(17)11(22,5-16)13(24,8(3)19)14(25,9(4)20)12(23,7(2)18)10(15)21/h16,22-25H,5H2,1-4H3/t11-,12-,13+,14+/m0/s1. The topological polar surface area (TPSA) is 186 Å². The molecule has 142 valence electrons. The molecule has 0 aliphatic rings. The van der Waals surface area contributed by atoms with Crippen LogP contribution in [-0.2, 0) is 24.0 Å². The summed E-state index contributed by atoms with van der Waals surface area (Å²) in [5, 5.41) is 49.4. The van der Waals surface area contributed by atoms with Crippen LogP contribution >= 0.6 is 11.6 Å². The number of carbonyl (C=O) groups excluding carboxylic acids is 5. The number of hydrogen-bond donors (Lipinski definition) is 5. The Kier molecular flexibility index (Phi) is 6.55. The molecule has 10 nitrogen and oxygen atoms in total. The largest absolute Gasteiger partial charge is 0.393 e. The molecular formula is C14H19ClO10. The Labute approximate surface area is 147 Å². The van der Waals surface area contributed by atoms with Crippen molar-refractivity contribution in [1.29, 1.82) is 0 Å². The molecule has 0 amide bonds. The number of carbonyl (C=O) groups is 5. The molecule has 5 N–H and O–H groups in total. The minimum Gasteiger partial charge on any atom is -0.393 e. The van der Waals surface area contributed by atoms with Crippen molar-refractivity contribution < 1.29 is 49.5 Å². The third-order valence-corrected chi connectivity index (χ3v) is 4.54. The van der Waals surface area contributed by atoms with Gasteiger partial charge in [-0.1, -0.05) is 0 Å². The van der Waals surface area contributed by atoms with Crippen LogP contribution in [0.25, 0.3) is 0 Å².